The number of pyridine rings is 1. The van der Waals surface area contributed by atoms with Crippen LogP contribution in [0.5, 0.6) is 5.75 Å². The Morgan fingerprint density at radius 2 is 2.06 bits per heavy atom. The minimum atomic E-state index is -0.762. The molecule has 2 aliphatic rings. The summed E-state index contributed by atoms with van der Waals surface area (Å²) in [7, 11) is 3.49. The van der Waals surface area contributed by atoms with Crippen molar-refractivity contribution < 1.29 is 24.2 Å². The molecule has 1 N–H and O–H groups in total. The number of carboxylic acids is 1. The molecule has 2 fully saturated rings. The maximum Gasteiger partial charge on any atom is 0.409 e. The summed E-state index contributed by atoms with van der Waals surface area (Å²) < 4.78 is 13.0. The molecule has 2 aromatic rings. The lowest BCUT2D eigenvalue weighted by molar-refractivity contribution is -0.143. The van der Waals surface area contributed by atoms with Crippen molar-refractivity contribution in [3.63, 3.8) is 0 Å². The third-order valence-corrected chi connectivity index (χ3v) is 6.41. The van der Waals surface area contributed by atoms with E-state index in [2.05, 4.69) is 15.3 Å². The Bertz CT molecular complexity index is 972. The van der Waals surface area contributed by atoms with Crippen LogP contribution >= 0.6 is 0 Å². The predicted molar refractivity (Wildman–Crippen MR) is 118 cm³/mol. The van der Waals surface area contributed by atoms with Gasteiger partial charge in [-0.2, -0.15) is 0 Å². The van der Waals surface area contributed by atoms with Gasteiger partial charge in [-0.15, -0.1) is 5.10 Å². The van der Waals surface area contributed by atoms with Crippen LogP contribution < -0.4 is 4.74 Å². The van der Waals surface area contributed by atoms with Crippen LogP contribution in [0.25, 0.3) is 11.4 Å². The van der Waals surface area contributed by atoms with Gasteiger partial charge in [0.15, 0.2) is 0 Å². The molecule has 4 rings (SSSR count). The average Bonchev–Trinajstić information content (AvgIpc) is 3.57. The van der Waals surface area contributed by atoms with Crippen molar-refractivity contribution in [2.24, 2.45) is 18.9 Å². The fraction of sp³-hybridized carbons (Fsp3) is 0.609. The summed E-state index contributed by atoms with van der Waals surface area (Å²) in [5.41, 5.74) is 1.79. The second kappa shape index (κ2) is 10.2. The number of rotatable bonds is 9. The average molecular weight is 458 g/mol. The van der Waals surface area contributed by atoms with Crippen molar-refractivity contribution in [1.82, 2.24) is 24.9 Å². The zero-order valence-corrected chi connectivity index (χ0v) is 19.1. The Balaban J connectivity index is 1.35. The largest absolute Gasteiger partial charge is 0.489 e. The van der Waals surface area contributed by atoms with E-state index >= 15 is 0 Å². The monoisotopic (exact) mass is 457 g/mol. The first-order valence-electron chi connectivity index (χ1n) is 11.5. The number of hydrogen-bond acceptors (Lipinski definition) is 7. The molecule has 2 aliphatic carbocycles. The molecule has 178 valence electrons. The molecule has 1 amide bonds. The Kier molecular flexibility index (Phi) is 7.10. The van der Waals surface area contributed by atoms with Gasteiger partial charge in [0.1, 0.15) is 23.7 Å². The molecular formula is C23H31N5O5. The van der Waals surface area contributed by atoms with E-state index in [1.54, 1.807) is 42.0 Å². The molecule has 2 heterocycles. The molecule has 33 heavy (non-hydrogen) atoms. The summed E-state index contributed by atoms with van der Waals surface area (Å²) in [6, 6.07) is 3.58. The number of aryl methyl sites for hydroxylation is 1. The van der Waals surface area contributed by atoms with Gasteiger partial charge in [0.05, 0.1) is 23.9 Å². The van der Waals surface area contributed by atoms with Gasteiger partial charge in [0, 0.05) is 20.6 Å². The number of aliphatic carboxylic acids is 1. The van der Waals surface area contributed by atoms with Crippen molar-refractivity contribution in [2.75, 3.05) is 13.6 Å². The van der Waals surface area contributed by atoms with Gasteiger partial charge in [0.25, 0.3) is 0 Å². The second-order valence-electron chi connectivity index (χ2n) is 9.04. The highest BCUT2D eigenvalue weighted by Gasteiger charge is 2.28. The number of nitrogens with zero attached hydrogens (tertiary/aromatic N) is 5. The number of carbonyl (C=O) groups excluding carboxylic acids is 1. The van der Waals surface area contributed by atoms with Crippen LogP contribution in [-0.2, 0) is 23.2 Å². The Labute approximate surface area is 192 Å². The number of carboxylic acid groups (broad SMARTS) is 1. The Morgan fingerprint density at radius 1 is 1.24 bits per heavy atom. The lowest BCUT2D eigenvalue weighted by Gasteiger charge is -2.27. The van der Waals surface area contributed by atoms with Gasteiger partial charge in [-0.3, -0.25) is 9.78 Å². The van der Waals surface area contributed by atoms with Crippen LogP contribution in [0.3, 0.4) is 0 Å². The summed E-state index contributed by atoms with van der Waals surface area (Å²) in [5.74, 6) is 0.224. The highest BCUT2D eigenvalue weighted by molar-refractivity contribution is 5.70. The maximum atomic E-state index is 12.3. The third kappa shape index (κ3) is 6.00. The Morgan fingerprint density at radius 3 is 2.76 bits per heavy atom. The van der Waals surface area contributed by atoms with Crippen molar-refractivity contribution >= 4 is 12.1 Å². The van der Waals surface area contributed by atoms with Crippen LogP contribution in [-0.4, -0.2) is 61.7 Å². The SMILES string of the molecule is CN(CCC1CC1)C(=O)OCc1c(-c2ccc(O[C@H]3CCC[C@H](C(=O)O)C3)cn2)nnn1C. The molecule has 0 unspecified atom stereocenters. The van der Waals surface area contributed by atoms with Gasteiger partial charge in [-0.1, -0.05) is 18.1 Å². The minimum Gasteiger partial charge on any atom is -0.489 e. The number of aromatic nitrogens is 4. The van der Waals surface area contributed by atoms with Gasteiger partial charge in [-0.25, -0.2) is 9.48 Å². The van der Waals surface area contributed by atoms with E-state index in [1.807, 2.05) is 0 Å². The zero-order chi connectivity index (χ0) is 23.4. The van der Waals surface area contributed by atoms with E-state index in [9.17, 15) is 14.7 Å². The lowest BCUT2D eigenvalue weighted by atomic mass is 9.87. The molecular weight excluding hydrogens is 426 g/mol. The van der Waals surface area contributed by atoms with Crippen LogP contribution in [0, 0.1) is 11.8 Å². The van der Waals surface area contributed by atoms with Gasteiger partial charge in [-0.05, 0) is 50.2 Å². The van der Waals surface area contributed by atoms with E-state index < -0.39 is 5.97 Å². The van der Waals surface area contributed by atoms with Crippen LogP contribution in [0.4, 0.5) is 4.79 Å². The molecule has 0 aliphatic heterocycles. The first-order valence-corrected chi connectivity index (χ1v) is 11.5. The number of carbonyl (C=O) groups is 2. The topological polar surface area (TPSA) is 120 Å². The third-order valence-electron chi connectivity index (χ3n) is 6.41. The van der Waals surface area contributed by atoms with Crippen molar-refractivity contribution in [3.8, 4) is 17.1 Å². The molecule has 0 spiro atoms. The normalized spacial score (nSPS) is 20.3. The molecule has 0 bridgehead atoms. The molecule has 2 saturated carbocycles. The smallest absolute Gasteiger partial charge is 0.409 e. The molecule has 0 aromatic carbocycles. The number of amides is 1. The van der Waals surface area contributed by atoms with Crippen LogP contribution in [0.1, 0.15) is 50.6 Å². The molecule has 0 saturated heterocycles. The van der Waals surface area contributed by atoms with E-state index in [1.165, 1.54) is 12.8 Å². The van der Waals surface area contributed by atoms with Crippen molar-refractivity contribution in [3.05, 3.63) is 24.0 Å². The summed E-state index contributed by atoms with van der Waals surface area (Å²) in [5, 5.41) is 17.5. The van der Waals surface area contributed by atoms with E-state index in [4.69, 9.17) is 9.47 Å². The molecule has 2 aromatic heterocycles. The first kappa shape index (κ1) is 23.0. The summed E-state index contributed by atoms with van der Waals surface area (Å²) in [6.07, 6.45) is 7.51. The van der Waals surface area contributed by atoms with E-state index in [0.717, 1.165) is 25.2 Å². The maximum absolute atomic E-state index is 12.3. The van der Waals surface area contributed by atoms with Crippen LogP contribution in [0.2, 0.25) is 0 Å². The zero-order valence-electron chi connectivity index (χ0n) is 19.1. The summed E-state index contributed by atoms with van der Waals surface area (Å²) >= 11 is 0. The van der Waals surface area contributed by atoms with E-state index in [0.29, 0.717) is 42.2 Å². The molecule has 10 nitrogen and oxygen atoms in total. The number of hydrogen-bond donors (Lipinski definition) is 1. The van der Waals surface area contributed by atoms with Gasteiger partial charge < -0.3 is 19.5 Å². The van der Waals surface area contributed by atoms with Gasteiger partial charge in [0.2, 0.25) is 0 Å². The second-order valence-corrected chi connectivity index (χ2v) is 9.04. The summed E-state index contributed by atoms with van der Waals surface area (Å²) in [6.45, 7) is 0.737. The highest BCUT2D eigenvalue weighted by Crippen LogP contribution is 2.32. The van der Waals surface area contributed by atoms with Crippen molar-refractivity contribution in [2.45, 2.75) is 57.7 Å². The highest BCUT2D eigenvalue weighted by atomic mass is 16.6. The molecule has 2 atom stereocenters. The molecule has 0 radical (unpaired) electrons. The Hall–Kier alpha value is -3.17. The quantitative estimate of drug-likeness (QED) is 0.609. The van der Waals surface area contributed by atoms with Crippen molar-refractivity contribution in [1.29, 1.82) is 0 Å². The first-order chi connectivity index (χ1) is 15.9. The fourth-order valence-electron chi connectivity index (χ4n) is 4.11. The van der Waals surface area contributed by atoms with E-state index in [-0.39, 0.29) is 24.7 Å². The van der Waals surface area contributed by atoms with Crippen LogP contribution in [0.15, 0.2) is 18.3 Å². The summed E-state index contributed by atoms with van der Waals surface area (Å²) in [4.78, 5) is 29.6. The number of ether oxygens (including phenoxy) is 2. The standard InChI is InChI=1S/C23H31N5O5/c1-27(11-10-15-6-7-15)23(31)32-14-20-21(25-26-28(20)2)19-9-8-18(13-24-19)33-17-5-3-4-16(12-17)22(29)30/h8-9,13,15-17H,3-7,10-12,14H2,1-2H3,(H,29,30)/t16-,17-/m0/s1. The minimum absolute atomic E-state index is 0.0457. The molecule has 10 heteroatoms. The predicted octanol–water partition coefficient (Wildman–Crippen LogP) is 3.27. The lowest BCUT2D eigenvalue weighted by Crippen LogP contribution is -2.29. The van der Waals surface area contributed by atoms with Gasteiger partial charge >= 0.3 is 12.1 Å². The fourth-order valence-corrected chi connectivity index (χ4v) is 4.11.